The highest BCUT2D eigenvalue weighted by Gasteiger charge is 2.32. The van der Waals surface area contributed by atoms with Crippen molar-refractivity contribution >= 4 is 18.0 Å². The van der Waals surface area contributed by atoms with Gasteiger partial charge < -0.3 is 25.1 Å². The molecule has 2 unspecified atom stereocenters. The molecule has 1 heterocycles. The van der Waals surface area contributed by atoms with Crippen LogP contribution >= 0.6 is 0 Å². The smallest absolute Gasteiger partial charge is 0.321 e. The van der Waals surface area contributed by atoms with Gasteiger partial charge in [0.25, 0.3) is 0 Å². The lowest BCUT2D eigenvalue weighted by Gasteiger charge is -2.26. The minimum absolute atomic E-state index is 0.00962. The normalized spacial score (nSPS) is 18.4. The Bertz CT molecular complexity index is 546. The topological polar surface area (TPSA) is 96.1 Å². The van der Waals surface area contributed by atoms with E-state index in [0.717, 1.165) is 13.0 Å². The van der Waals surface area contributed by atoms with Gasteiger partial charge >= 0.3 is 6.03 Å². The number of hydrogen-bond acceptors (Lipinski definition) is 5. The van der Waals surface area contributed by atoms with Crippen LogP contribution in [0.5, 0.6) is 0 Å². The average Bonchev–Trinajstić information content (AvgIpc) is 2.94. The number of guanidine groups is 1. The van der Waals surface area contributed by atoms with Crippen molar-refractivity contribution in [2.45, 2.75) is 52.7 Å². The second kappa shape index (κ2) is 12.3. The minimum atomic E-state index is -0.457. The monoisotopic (exact) mass is 381 g/mol. The van der Waals surface area contributed by atoms with E-state index in [4.69, 9.17) is 0 Å². The van der Waals surface area contributed by atoms with E-state index in [1.807, 2.05) is 32.7 Å². The standard InChI is InChI=1S/C18H35N7O2/c1-6-15-10-25(18(27)23(15)5)14-20-12-19-13-24(11-16(26)7-2)17(21-8-3)22-9-4/h15-16,26H,6-11,13-14H2,1-5H3,(H,21,22). The fraction of sp³-hybridized carbons (Fsp3) is 0.833. The molecule has 9 heteroatoms. The Balaban J connectivity index is 2.68. The molecule has 2 atom stereocenters. The molecule has 1 fully saturated rings. The number of amides is 2. The lowest BCUT2D eigenvalue weighted by molar-refractivity contribution is 0.138. The number of rotatable bonds is 10. The highest BCUT2D eigenvalue weighted by Crippen LogP contribution is 2.15. The first-order valence-electron chi connectivity index (χ1n) is 9.79. The first kappa shape index (κ1) is 22.9. The molecule has 0 aliphatic carbocycles. The quantitative estimate of drug-likeness (QED) is 0.440. The predicted octanol–water partition coefficient (Wildman–Crippen LogP) is 1.28. The molecule has 0 saturated carbocycles. The lowest BCUT2D eigenvalue weighted by Crippen LogP contribution is -2.45. The first-order valence-corrected chi connectivity index (χ1v) is 9.79. The number of aliphatic hydroxyl groups is 1. The zero-order chi connectivity index (χ0) is 20.2. The van der Waals surface area contributed by atoms with Crippen molar-refractivity contribution in [1.29, 1.82) is 0 Å². The van der Waals surface area contributed by atoms with Gasteiger partial charge in [-0.1, -0.05) is 13.8 Å². The number of aliphatic imine (C=N–C) groups is 3. The number of hydrogen-bond donors (Lipinski definition) is 2. The number of nitrogens with one attached hydrogen (secondary N) is 1. The van der Waals surface area contributed by atoms with Crippen LogP contribution in [0.15, 0.2) is 15.0 Å². The van der Waals surface area contributed by atoms with Crippen molar-refractivity contribution in [3.8, 4) is 0 Å². The van der Waals surface area contributed by atoms with Crippen LogP contribution in [0, 0.1) is 0 Å². The summed E-state index contributed by atoms with van der Waals surface area (Å²) in [6, 6.07) is 2.90. The van der Waals surface area contributed by atoms with Crippen LogP contribution in [0.4, 0.5) is 4.79 Å². The van der Waals surface area contributed by atoms with Crippen LogP contribution < -0.4 is 5.32 Å². The molecule has 1 aliphatic rings. The molecule has 2 amide bonds. The summed E-state index contributed by atoms with van der Waals surface area (Å²) in [5, 5.41) is 13.2. The van der Waals surface area contributed by atoms with Crippen LogP contribution in [0.3, 0.4) is 0 Å². The van der Waals surface area contributed by atoms with E-state index in [1.54, 1.807) is 9.80 Å². The van der Waals surface area contributed by atoms with Gasteiger partial charge in [-0.2, -0.15) is 0 Å². The predicted molar refractivity (Wildman–Crippen MR) is 108 cm³/mol. The summed E-state index contributed by atoms with van der Waals surface area (Å²) in [4.78, 5) is 30.2. The maximum absolute atomic E-state index is 12.1. The van der Waals surface area contributed by atoms with Crippen molar-refractivity contribution < 1.29 is 9.90 Å². The molecule has 9 nitrogen and oxygen atoms in total. The molecule has 1 aliphatic heterocycles. The number of nitrogens with zero attached hydrogens (tertiary/aromatic N) is 6. The molecule has 0 radical (unpaired) electrons. The van der Waals surface area contributed by atoms with Crippen LogP contribution in [-0.4, -0.2) is 96.5 Å². The van der Waals surface area contributed by atoms with Crippen LogP contribution in [0.1, 0.15) is 40.5 Å². The fourth-order valence-electron chi connectivity index (χ4n) is 2.81. The molecule has 2 N–H and O–H groups in total. The van der Waals surface area contributed by atoms with Gasteiger partial charge in [-0.05, 0) is 26.7 Å². The minimum Gasteiger partial charge on any atom is -0.391 e. The van der Waals surface area contributed by atoms with Crippen LogP contribution in [0.2, 0.25) is 0 Å². The maximum Gasteiger partial charge on any atom is 0.321 e. The number of aliphatic hydroxyl groups excluding tert-OH is 1. The molecule has 0 aromatic rings. The Morgan fingerprint density at radius 1 is 1.37 bits per heavy atom. The van der Waals surface area contributed by atoms with Gasteiger partial charge in [0.1, 0.15) is 13.3 Å². The summed E-state index contributed by atoms with van der Waals surface area (Å²) >= 11 is 0. The van der Waals surface area contributed by atoms with Gasteiger partial charge in [-0.3, -0.25) is 4.99 Å². The van der Waals surface area contributed by atoms with Crippen LogP contribution in [0.25, 0.3) is 0 Å². The highest BCUT2D eigenvalue weighted by atomic mass is 16.3. The molecule has 1 saturated heterocycles. The van der Waals surface area contributed by atoms with Crippen molar-refractivity contribution in [2.75, 3.05) is 46.6 Å². The second-order valence-electron chi connectivity index (χ2n) is 6.49. The second-order valence-corrected chi connectivity index (χ2v) is 6.49. The van der Waals surface area contributed by atoms with Crippen molar-refractivity contribution in [3.63, 3.8) is 0 Å². The van der Waals surface area contributed by atoms with Gasteiger partial charge in [0.05, 0.1) is 18.2 Å². The average molecular weight is 382 g/mol. The number of urea groups is 1. The molecule has 1 rings (SSSR count). The van der Waals surface area contributed by atoms with E-state index in [1.165, 1.54) is 0 Å². The third kappa shape index (κ3) is 7.19. The lowest BCUT2D eigenvalue weighted by atomic mass is 10.2. The van der Waals surface area contributed by atoms with E-state index in [2.05, 4.69) is 33.2 Å². The first-order chi connectivity index (χ1) is 13.0. The Morgan fingerprint density at radius 2 is 2.11 bits per heavy atom. The third-order valence-electron chi connectivity index (χ3n) is 4.49. The van der Waals surface area contributed by atoms with Gasteiger partial charge in [0.2, 0.25) is 0 Å². The third-order valence-corrected chi connectivity index (χ3v) is 4.49. The van der Waals surface area contributed by atoms with Gasteiger partial charge in [-0.25, -0.2) is 14.8 Å². The molecular formula is C18H35N7O2. The van der Waals surface area contributed by atoms with E-state index < -0.39 is 6.10 Å². The Hall–Kier alpha value is -2.12. The molecule has 0 bridgehead atoms. The molecule has 0 aromatic heterocycles. The van der Waals surface area contributed by atoms with E-state index >= 15 is 0 Å². The van der Waals surface area contributed by atoms with Crippen molar-refractivity contribution in [1.82, 2.24) is 20.0 Å². The molecule has 154 valence electrons. The summed E-state index contributed by atoms with van der Waals surface area (Å²) < 4.78 is 0. The number of likely N-dealkylation sites (N-methyl/N-ethyl adjacent to an activating group) is 1. The summed E-state index contributed by atoms with van der Waals surface area (Å²) in [6.45, 7) is 11.0. The molecular weight excluding hydrogens is 346 g/mol. The highest BCUT2D eigenvalue weighted by molar-refractivity contribution is 5.80. The Morgan fingerprint density at radius 3 is 2.67 bits per heavy atom. The van der Waals surface area contributed by atoms with Crippen molar-refractivity contribution in [3.05, 3.63) is 0 Å². The van der Waals surface area contributed by atoms with Gasteiger partial charge in [-0.15, -0.1) is 0 Å². The summed E-state index contributed by atoms with van der Waals surface area (Å²) in [5.74, 6) is 0.709. The Labute approximate surface area is 162 Å². The molecule has 0 spiro atoms. The zero-order valence-corrected chi connectivity index (χ0v) is 17.4. The van der Waals surface area contributed by atoms with Crippen molar-refractivity contribution in [2.24, 2.45) is 15.0 Å². The van der Waals surface area contributed by atoms with E-state index in [9.17, 15) is 9.90 Å². The molecule has 27 heavy (non-hydrogen) atoms. The largest absolute Gasteiger partial charge is 0.391 e. The number of carbonyl (C=O) groups excluding carboxylic acids is 1. The van der Waals surface area contributed by atoms with Crippen LogP contribution in [-0.2, 0) is 0 Å². The van der Waals surface area contributed by atoms with Gasteiger partial charge in [0, 0.05) is 33.2 Å². The molecule has 0 aromatic carbocycles. The summed E-state index contributed by atoms with van der Waals surface area (Å²) in [6.07, 6.45) is 1.12. The Kier molecular flexibility index (Phi) is 10.4. The number of carbonyl (C=O) groups is 1. The SMILES string of the molecule is CCN=C(NCC)N(CN=C=NCN1CC(CC)N(C)C1=O)CC(O)CC. The van der Waals surface area contributed by atoms with E-state index in [-0.39, 0.29) is 25.4 Å². The fourth-order valence-corrected chi connectivity index (χ4v) is 2.81. The zero-order valence-electron chi connectivity index (χ0n) is 17.4. The summed E-state index contributed by atoms with van der Waals surface area (Å²) in [7, 11) is 1.82. The maximum atomic E-state index is 12.1. The van der Waals surface area contributed by atoms with E-state index in [0.29, 0.717) is 32.0 Å². The summed E-state index contributed by atoms with van der Waals surface area (Å²) in [5.41, 5.74) is 0. The van der Waals surface area contributed by atoms with Gasteiger partial charge in [0.15, 0.2) is 5.96 Å².